The van der Waals surface area contributed by atoms with E-state index in [2.05, 4.69) is 5.10 Å². The van der Waals surface area contributed by atoms with Gasteiger partial charge in [-0.1, -0.05) is 30.3 Å². The lowest BCUT2D eigenvalue weighted by Crippen LogP contribution is -2.22. The molecule has 0 radical (unpaired) electrons. The predicted octanol–water partition coefficient (Wildman–Crippen LogP) is 1.64. The van der Waals surface area contributed by atoms with Crippen molar-refractivity contribution in [2.75, 3.05) is 0 Å². The number of nitrogens with zero attached hydrogens (tertiary/aromatic N) is 3. The Balaban J connectivity index is 2.04. The Morgan fingerprint density at radius 2 is 1.95 bits per heavy atom. The predicted molar refractivity (Wildman–Crippen MR) is 77.1 cm³/mol. The molecule has 1 N–H and O–H groups in total. The molecule has 0 amide bonds. The lowest BCUT2D eigenvalue weighted by atomic mass is 10.1. The van der Waals surface area contributed by atoms with Gasteiger partial charge in [0.05, 0.1) is 12.1 Å². The van der Waals surface area contributed by atoms with Crippen LogP contribution >= 0.6 is 0 Å². The second-order valence-electron chi connectivity index (χ2n) is 4.67. The third-order valence-corrected chi connectivity index (χ3v) is 3.24. The molecule has 0 atom stereocenters. The topological polar surface area (TPSA) is 76.6 Å². The summed E-state index contributed by atoms with van der Waals surface area (Å²) < 4.78 is 2.90. The number of carbonyl (C=O) groups is 1. The summed E-state index contributed by atoms with van der Waals surface area (Å²) in [6.07, 6.45) is 3.13. The van der Waals surface area contributed by atoms with Crippen LogP contribution < -0.4 is 5.56 Å². The van der Waals surface area contributed by atoms with Gasteiger partial charge in [-0.3, -0.25) is 9.59 Å². The second-order valence-corrected chi connectivity index (χ2v) is 4.67. The molecule has 2 heterocycles. The molecule has 0 unspecified atom stereocenters. The average molecular weight is 283 g/mol. The Kier molecular flexibility index (Phi) is 3.27. The highest BCUT2D eigenvalue weighted by atomic mass is 16.4. The number of rotatable bonds is 4. The molecule has 0 aliphatic carbocycles. The summed E-state index contributed by atoms with van der Waals surface area (Å²) in [5.74, 6) is -0.930. The van der Waals surface area contributed by atoms with Gasteiger partial charge in [0.1, 0.15) is 5.52 Å². The third-order valence-electron chi connectivity index (χ3n) is 3.24. The molecule has 106 valence electrons. The van der Waals surface area contributed by atoms with Crippen LogP contribution in [0.1, 0.15) is 6.42 Å². The van der Waals surface area contributed by atoms with E-state index in [-0.39, 0.29) is 18.5 Å². The van der Waals surface area contributed by atoms with Crippen molar-refractivity contribution >= 4 is 11.5 Å². The molecule has 0 saturated heterocycles. The smallest absolute Gasteiger partial charge is 0.305 e. The standard InChI is InChI=1S/C15H13N3O3/c19-14(20)6-7-17-8-9-18-13(15(17)21)10-12(16-18)11-4-2-1-3-5-11/h1-5,8-10H,6-7H2,(H,19,20). The zero-order valence-electron chi connectivity index (χ0n) is 11.1. The number of aliphatic carboxylic acids is 1. The van der Waals surface area contributed by atoms with Gasteiger partial charge in [0.2, 0.25) is 0 Å². The van der Waals surface area contributed by atoms with E-state index in [1.165, 1.54) is 9.08 Å². The van der Waals surface area contributed by atoms with Crippen LogP contribution in [0.4, 0.5) is 0 Å². The highest BCUT2D eigenvalue weighted by molar-refractivity contribution is 5.67. The van der Waals surface area contributed by atoms with Gasteiger partial charge in [0, 0.05) is 24.5 Å². The Hall–Kier alpha value is -2.89. The summed E-state index contributed by atoms with van der Waals surface area (Å²) in [7, 11) is 0. The summed E-state index contributed by atoms with van der Waals surface area (Å²) >= 11 is 0. The molecule has 2 aromatic heterocycles. The van der Waals surface area contributed by atoms with Gasteiger partial charge in [0.25, 0.3) is 5.56 Å². The molecule has 0 bridgehead atoms. The van der Waals surface area contributed by atoms with Crippen LogP contribution in [-0.4, -0.2) is 25.3 Å². The molecule has 6 heteroatoms. The van der Waals surface area contributed by atoms with Gasteiger partial charge in [-0.15, -0.1) is 0 Å². The maximum absolute atomic E-state index is 12.3. The largest absolute Gasteiger partial charge is 0.481 e. The number of aromatic nitrogens is 3. The highest BCUT2D eigenvalue weighted by Crippen LogP contribution is 2.17. The zero-order chi connectivity index (χ0) is 14.8. The van der Waals surface area contributed by atoms with Crippen molar-refractivity contribution in [1.29, 1.82) is 0 Å². The number of hydrogen-bond donors (Lipinski definition) is 1. The number of carboxylic acids is 1. The average Bonchev–Trinajstić information content (AvgIpc) is 2.92. The SMILES string of the molecule is O=C(O)CCn1ccn2nc(-c3ccccc3)cc2c1=O. The van der Waals surface area contributed by atoms with E-state index < -0.39 is 5.97 Å². The number of aryl methyl sites for hydroxylation is 1. The summed E-state index contributed by atoms with van der Waals surface area (Å²) in [5.41, 5.74) is 1.83. The summed E-state index contributed by atoms with van der Waals surface area (Å²) in [5, 5.41) is 13.1. The molecular formula is C15H13N3O3. The van der Waals surface area contributed by atoms with Gasteiger partial charge in [-0.2, -0.15) is 5.10 Å². The summed E-state index contributed by atoms with van der Waals surface area (Å²) in [6.45, 7) is 0.149. The Morgan fingerprint density at radius 3 is 2.67 bits per heavy atom. The van der Waals surface area contributed by atoms with Crippen LogP contribution in [0.3, 0.4) is 0 Å². The molecule has 0 aliphatic heterocycles. The maximum Gasteiger partial charge on any atom is 0.305 e. The second kappa shape index (κ2) is 5.24. The van der Waals surface area contributed by atoms with Crippen molar-refractivity contribution in [3.8, 4) is 11.3 Å². The van der Waals surface area contributed by atoms with Gasteiger partial charge in [-0.05, 0) is 6.07 Å². The fourth-order valence-electron chi connectivity index (χ4n) is 2.17. The Bertz CT molecular complexity index is 849. The van der Waals surface area contributed by atoms with E-state index >= 15 is 0 Å². The first-order valence-corrected chi connectivity index (χ1v) is 6.51. The molecule has 0 saturated carbocycles. The summed E-state index contributed by atoms with van der Waals surface area (Å²) in [6, 6.07) is 11.3. The van der Waals surface area contributed by atoms with Crippen LogP contribution in [0, 0.1) is 0 Å². The molecule has 3 rings (SSSR count). The number of hydrogen-bond acceptors (Lipinski definition) is 3. The number of fused-ring (bicyclic) bond motifs is 1. The molecule has 0 fully saturated rings. The lowest BCUT2D eigenvalue weighted by molar-refractivity contribution is -0.137. The van der Waals surface area contributed by atoms with E-state index in [1.807, 2.05) is 30.3 Å². The normalized spacial score (nSPS) is 10.9. The molecule has 0 spiro atoms. The minimum absolute atomic E-state index is 0.0875. The number of carboxylic acid groups (broad SMARTS) is 1. The highest BCUT2D eigenvalue weighted by Gasteiger charge is 2.09. The molecule has 6 nitrogen and oxygen atoms in total. The fraction of sp³-hybridized carbons (Fsp3) is 0.133. The molecule has 1 aromatic carbocycles. The van der Waals surface area contributed by atoms with Crippen molar-refractivity contribution in [2.45, 2.75) is 13.0 Å². The first-order chi connectivity index (χ1) is 10.1. The first kappa shape index (κ1) is 13.1. The van der Waals surface area contributed by atoms with Gasteiger partial charge < -0.3 is 9.67 Å². The van der Waals surface area contributed by atoms with E-state index in [9.17, 15) is 9.59 Å². The van der Waals surface area contributed by atoms with Crippen LogP contribution in [0.25, 0.3) is 16.8 Å². The Labute approximate surface area is 119 Å². The molecule has 3 aromatic rings. The van der Waals surface area contributed by atoms with Crippen LogP contribution in [0.2, 0.25) is 0 Å². The number of benzene rings is 1. The lowest BCUT2D eigenvalue weighted by Gasteiger charge is -2.03. The van der Waals surface area contributed by atoms with E-state index in [0.29, 0.717) is 11.2 Å². The maximum atomic E-state index is 12.3. The molecule has 21 heavy (non-hydrogen) atoms. The minimum Gasteiger partial charge on any atom is -0.481 e. The van der Waals surface area contributed by atoms with Crippen molar-refractivity contribution in [2.24, 2.45) is 0 Å². The van der Waals surface area contributed by atoms with E-state index in [4.69, 9.17) is 5.11 Å². The first-order valence-electron chi connectivity index (χ1n) is 6.51. The van der Waals surface area contributed by atoms with E-state index in [0.717, 1.165) is 5.56 Å². The molecule has 0 aliphatic rings. The monoisotopic (exact) mass is 283 g/mol. The van der Waals surface area contributed by atoms with Crippen LogP contribution in [0.5, 0.6) is 0 Å². The van der Waals surface area contributed by atoms with Crippen molar-refractivity contribution in [3.63, 3.8) is 0 Å². The van der Waals surface area contributed by atoms with Gasteiger partial charge in [0.15, 0.2) is 0 Å². The quantitative estimate of drug-likeness (QED) is 0.789. The van der Waals surface area contributed by atoms with Crippen molar-refractivity contribution < 1.29 is 9.90 Å². The van der Waals surface area contributed by atoms with Crippen molar-refractivity contribution in [3.05, 3.63) is 59.1 Å². The summed E-state index contributed by atoms with van der Waals surface area (Å²) in [4.78, 5) is 22.9. The zero-order valence-corrected chi connectivity index (χ0v) is 11.1. The molecular weight excluding hydrogens is 270 g/mol. The van der Waals surface area contributed by atoms with Crippen LogP contribution in [-0.2, 0) is 11.3 Å². The van der Waals surface area contributed by atoms with E-state index in [1.54, 1.807) is 18.5 Å². The van der Waals surface area contributed by atoms with Gasteiger partial charge >= 0.3 is 5.97 Å². The van der Waals surface area contributed by atoms with Crippen LogP contribution in [0.15, 0.2) is 53.6 Å². The Morgan fingerprint density at radius 1 is 1.19 bits per heavy atom. The fourth-order valence-corrected chi connectivity index (χ4v) is 2.17. The van der Waals surface area contributed by atoms with Crippen molar-refractivity contribution in [1.82, 2.24) is 14.2 Å². The minimum atomic E-state index is -0.930. The third kappa shape index (κ3) is 2.55. The van der Waals surface area contributed by atoms with Gasteiger partial charge in [-0.25, -0.2) is 4.52 Å².